The third-order valence-electron chi connectivity index (χ3n) is 5.13. The Bertz CT molecular complexity index is 1350. The number of ketones is 1. The molecule has 0 fully saturated rings. The lowest BCUT2D eigenvalue weighted by atomic mass is 9.95. The summed E-state index contributed by atoms with van der Waals surface area (Å²) in [6.45, 7) is 1.68. The van der Waals surface area contributed by atoms with Crippen LogP contribution in [0.15, 0.2) is 80.9 Å². The predicted octanol–water partition coefficient (Wildman–Crippen LogP) is 5.17. The Morgan fingerprint density at radius 3 is 2.65 bits per heavy atom. The SMILES string of the molecule is Cc1cc(N2C(=O)C(O)=C(C(=O)c3cc4ccccc4o3)[C@@H]2c2cccc(Cl)c2)no1. The van der Waals surface area contributed by atoms with E-state index in [1.165, 1.54) is 4.90 Å². The molecule has 1 amide bonds. The first-order chi connectivity index (χ1) is 14.9. The quantitative estimate of drug-likeness (QED) is 0.445. The Hall–Kier alpha value is -3.84. The van der Waals surface area contributed by atoms with Crippen LogP contribution in [0.1, 0.15) is 27.9 Å². The van der Waals surface area contributed by atoms with E-state index in [4.69, 9.17) is 20.5 Å². The number of benzene rings is 2. The molecule has 0 radical (unpaired) electrons. The van der Waals surface area contributed by atoms with Crippen molar-refractivity contribution in [2.75, 3.05) is 4.90 Å². The van der Waals surface area contributed by atoms with Crippen LogP contribution in [-0.4, -0.2) is 22.0 Å². The highest BCUT2D eigenvalue weighted by molar-refractivity contribution is 6.30. The lowest BCUT2D eigenvalue weighted by Gasteiger charge is -2.24. The molecule has 0 saturated heterocycles. The Kier molecular flexibility index (Phi) is 4.41. The van der Waals surface area contributed by atoms with Gasteiger partial charge >= 0.3 is 0 Å². The second-order valence-electron chi connectivity index (χ2n) is 7.17. The summed E-state index contributed by atoms with van der Waals surface area (Å²) < 4.78 is 10.8. The standard InChI is InChI=1S/C23H15ClN2O5/c1-12-9-18(25-31-12)26-20(14-6-4-7-15(24)10-14)19(22(28)23(26)29)21(27)17-11-13-5-2-3-8-16(13)30-17/h2-11,20,28H,1H3/t20-/m0/s1. The number of hydrogen-bond acceptors (Lipinski definition) is 6. The fourth-order valence-corrected chi connectivity index (χ4v) is 3.96. The van der Waals surface area contributed by atoms with E-state index in [0.29, 0.717) is 21.9 Å². The molecule has 0 aliphatic carbocycles. The number of hydrogen-bond donors (Lipinski definition) is 1. The highest BCUT2D eigenvalue weighted by Crippen LogP contribution is 2.42. The smallest absolute Gasteiger partial charge is 0.295 e. The fourth-order valence-electron chi connectivity index (χ4n) is 3.76. The Morgan fingerprint density at radius 1 is 1.13 bits per heavy atom. The highest BCUT2D eigenvalue weighted by atomic mass is 35.5. The average Bonchev–Trinajstić information content (AvgIpc) is 3.44. The van der Waals surface area contributed by atoms with Gasteiger partial charge in [0.05, 0.1) is 11.6 Å². The van der Waals surface area contributed by atoms with E-state index in [1.54, 1.807) is 55.5 Å². The van der Waals surface area contributed by atoms with E-state index in [-0.39, 0.29) is 17.2 Å². The lowest BCUT2D eigenvalue weighted by molar-refractivity contribution is -0.117. The molecular formula is C23H15ClN2O5. The lowest BCUT2D eigenvalue weighted by Crippen LogP contribution is -2.31. The molecule has 7 nitrogen and oxygen atoms in total. The molecule has 2 aromatic heterocycles. The normalized spacial score (nSPS) is 16.5. The van der Waals surface area contributed by atoms with Gasteiger partial charge in [-0.25, -0.2) is 0 Å². The number of aliphatic hydroxyl groups is 1. The maximum absolute atomic E-state index is 13.5. The van der Waals surface area contributed by atoms with Gasteiger partial charge in [0.25, 0.3) is 5.91 Å². The number of fused-ring (bicyclic) bond motifs is 1. The average molecular weight is 435 g/mol. The number of aromatic nitrogens is 1. The van der Waals surface area contributed by atoms with Gasteiger partial charge in [0.1, 0.15) is 11.3 Å². The van der Waals surface area contributed by atoms with Gasteiger partial charge in [-0.05, 0) is 36.8 Å². The van der Waals surface area contributed by atoms with Crippen LogP contribution in [0, 0.1) is 6.92 Å². The van der Waals surface area contributed by atoms with Crippen molar-refractivity contribution in [2.24, 2.45) is 0 Å². The number of aliphatic hydroxyl groups excluding tert-OH is 1. The van der Waals surface area contributed by atoms with Crippen molar-refractivity contribution in [1.82, 2.24) is 5.16 Å². The second kappa shape index (κ2) is 7.14. The highest BCUT2D eigenvalue weighted by Gasteiger charge is 2.46. The van der Waals surface area contributed by atoms with Crippen molar-refractivity contribution in [3.05, 3.63) is 94.1 Å². The summed E-state index contributed by atoms with van der Waals surface area (Å²) in [5.41, 5.74) is 0.940. The zero-order valence-electron chi connectivity index (χ0n) is 16.2. The summed E-state index contributed by atoms with van der Waals surface area (Å²) in [7, 11) is 0. The molecule has 31 heavy (non-hydrogen) atoms. The number of carbonyl (C=O) groups is 2. The summed E-state index contributed by atoms with van der Waals surface area (Å²) >= 11 is 6.17. The Labute approximate surface area is 181 Å². The topological polar surface area (TPSA) is 96.8 Å². The number of rotatable bonds is 4. The third-order valence-corrected chi connectivity index (χ3v) is 5.36. The molecule has 1 N–H and O–H groups in total. The number of furan rings is 1. The van der Waals surface area contributed by atoms with Crippen molar-refractivity contribution < 1.29 is 23.6 Å². The summed E-state index contributed by atoms with van der Waals surface area (Å²) in [5.74, 6) is -1.38. The molecule has 1 aliphatic rings. The molecule has 1 aliphatic heterocycles. The molecule has 2 aromatic carbocycles. The van der Waals surface area contributed by atoms with Gasteiger partial charge in [-0.1, -0.05) is 47.1 Å². The first-order valence-corrected chi connectivity index (χ1v) is 9.80. The van der Waals surface area contributed by atoms with Gasteiger partial charge < -0.3 is 14.0 Å². The number of amides is 1. The molecule has 5 rings (SSSR count). The van der Waals surface area contributed by atoms with E-state index in [9.17, 15) is 14.7 Å². The molecular weight excluding hydrogens is 420 g/mol. The largest absolute Gasteiger partial charge is 0.503 e. The van der Waals surface area contributed by atoms with Crippen molar-refractivity contribution in [2.45, 2.75) is 13.0 Å². The summed E-state index contributed by atoms with van der Waals surface area (Å²) in [4.78, 5) is 27.7. The zero-order chi connectivity index (χ0) is 21.7. The molecule has 154 valence electrons. The van der Waals surface area contributed by atoms with Crippen molar-refractivity contribution in [1.29, 1.82) is 0 Å². The molecule has 0 bridgehead atoms. The summed E-state index contributed by atoms with van der Waals surface area (Å²) in [6.07, 6.45) is 0. The maximum Gasteiger partial charge on any atom is 0.295 e. The van der Waals surface area contributed by atoms with Crippen LogP contribution < -0.4 is 4.90 Å². The van der Waals surface area contributed by atoms with Gasteiger partial charge in [-0.3, -0.25) is 14.5 Å². The minimum Gasteiger partial charge on any atom is -0.503 e. The number of para-hydroxylation sites is 1. The first kappa shape index (κ1) is 19.1. The fraction of sp³-hybridized carbons (Fsp3) is 0.0870. The molecule has 0 saturated carbocycles. The minimum atomic E-state index is -0.962. The van der Waals surface area contributed by atoms with E-state index in [0.717, 1.165) is 5.39 Å². The van der Waals surface area contributed by atoms with Gasteiger partial charge in [0.2, 0.25) is 5.78 Å². The molecule has 4 aromatic rings. The van der Waals surface area contributed by atoms with Gasteiger partial charge in [-0.2, -0.15) is 0 Å². The first-order valence-electron chi connectivity index (χ1n) is 9.43. The second-order valence-corrected chi connectivity index (χ2v) is 7.60. The van der Waals surface area contributed by atoms with E-state index >= 15 is 0 Å². The molecule has 0 unspecified atom stereocenters. The van der Waals surface area contributed by atoms with Crippen LogP contribution in [0.3, 0.4) is 0 Å². The minimum absolute atomic E-state index is 0.0146. The predicted molar refractivity (Wildman–Crippen MR) is 113 cm³/mol. The van der Waals surface area contributed by atoms with E-state index in [2.05, 4.69) is 5.16 Å². The summed E-state index contributed by atoms with van der Waals surface area (Å²) in [6, 6.07) is 16.1. The van der Waals surface area contributed by atoms with Crippen molar-refractivity contribution in [3.8, 4) is 0 Å². The van der Waals surface area contributed by atoms with Crippen LogP contribution in [-0.2, 0) is 4.79 Å². The number of anilines is 1. The Balaban J connectivity index is 1.67. The van der Waals surface area contributed by atoms with Gasteiger partial charge in [-0.15, -0.1) is 0 Å². The van der Waals surface area contributed by atoms with Crippen LogP contribution in [0.2, 0.25) is 5.02 Å². The van der Waals surface area contributed by atoms with Crippen LogP contribution >= 0.6 is 11.6 Å². The van der Waals surface area contributed by atoms with Gasteiger partial charge in [0, 0.05) is 16.5 Å². The van der Waals surface area contributed by atoms with E-state index < -0.39 is 23.5 Å². The maximum atomic E-state index is 13.5. The van der Waals surface area contributed by atoms with Crippen LogP contribution in [0.4, 0.5) is 5.82 Å². The monoisotopic (exact) mass is 434 g/mol. The molecule has 0 spiro atoms. The molecule has 8 heteroatoms. The van der Waals surface area contributed by atoms with Crippen LogP contribution in [0.5, 0.6) is 0 Å². The third kappa shape index (κ3) is 3.10. The number of halogens is 1. The van der Waals surface area contributed by atoms with Crippen molar-refractivity contribution in [3.63, 3.8) is 0 Å². The zero-order valence-corrected chi connectivity index (χ0v) is 17.0. The van der Waals surface area contributed by atoms with Crippen LogP contribution in [0.25, 0.3) is 11.0 Å². The number of aryl methyl sites for hydroxylation is 1. The molecule has 3 heterocycles. The van der Waals surface area contributed by atoms with Gasteiger partial charge in [0.15, 0.2) is 17.3 Å². The molecule has 1 atom stereocenters. The number of carbonyl (C=O) groups excluding carboxylic acids is 2. The van der Waals surface area contributed by atoms with E-state index in [1.807, 2.05) is 12.1 Å². The summed E-state index contributed by atoms with van der Waals surface area (Å²) in [5, 5.41) is 15.8. The number of Topliss-reactive ketones (excluding diaryl/α,β-unsaturated/α-hetero) is 1. The Morgan fingerprint density at radius 2 is 1.94 bits per heavy atom. The number of nitrogens with zero attached hydrogens (tertiary/aromatic N) is 2. The van der Waals surface area contributed by atoms with Crippen molar-refractivity contribution >= 4 is 40.1 Å².